The lowest BCUT2D eigenvalue weighted by molar-refractivity contribution is -0.118. The number of rotatable bonds is 2. The molecule has 1 aliphatic heterocycles. The van der Waals surface area contributed by atoms with E-state index in [9.17, 15) is 9.18 Å². The van der Waals surface area contributed by atoms with Gasteiger partial charge in [0.15, 0.2) is 6.61 Å². The molecular weight excluding hydrogens is 327 g/mol. The summed E-state index contributed by atoms with van der Waals surface area (Å²) in [5, 5.41) is 5.60. The van der Waals surface area contributed by atoms with Gasteiger partial charge in [-0.1, -0.05) is 0 Å². The predicted octanol–water partition coefficient (Wildman–Crippen LogP) is 4.26. The van der Waals surface area contributed by atoms with Gasteiger partial charge < -0.3 is 10.1 Å². The maximum absolute atomic E-state index is 13.0. The van der Waals surface area contributed by atoms with Crippen LogP contribution in [-0.4, -0.2) is 17.5 Å². The van der Waals surface area contributed by atoms with Crippen molar-refractivity contribution in [3.63, 3.8) is 0 Å². The molecule has 2 heterocycles. The van der Waals surface area contributed by atoms with E-state index in [1.807, 2.05) is 24.4 Å². The number of anilines is 1. The van der Waals surface area contributed by atoms with E-state index >= 15 is 0 Å². The van der Waals surface area contributed by atoms with Gasteiger partial charge in [0.1, 0.15) is 16.6 Å². The van der Waals surface area contributed by atoms with Gasteiger partial charge in [0.25, 0.3) is 5.91 Å². The van der Waals surface area contributed by atoms with Gasteiger partial charge in [0.05, 0.1) is 11.4 Å². The predicted molar refractivity (Wildman–Crippen MR) is 91.8 cm³/mol. The second kappa shape index (κ2) is 5.72. The fraction of sp³-hybridized carbons (Fsp3) is 0.111. The maximum Gasteiger partial charge on any atom is 0.262 e. The van der Waals surface area contributed by atoms with E-state index in [1.54, 1.807) is 12.1 Å². The maximum atomic E-state index is 13.0. The molecular formula is C18H13FN2O2S. The fourth-order valence-corrected chi connectivity index (χ4v) is 3.50. The monoisotopic (exact) mass is 340 g/mol. The minimum Gasteiger partial charge on any atom is -0.481 e. The average molecular weight is 340 g/mol. The molecule has 3 aromatic rings. The molecule has 1 N–H and O–H groups in total. The number of hydrogen-bond acceptors (Lipinski definition) is 4. The minimum absolute atomic E-state index is 0.0403. The molecule has 24 heavy (non-hydrogen) atoms. The van der Waals surface area contributed by atoms with E-state index in [-0.39, 0.29) is 18.3 Å². The Morgan fingerprint density at radius 3 is 2.79 bits per heavy atom. The van der Waals surface area contributed by atoms with Gasteiger partial charge in [-0.2, -0.15) is 0 Å². The Kier molecular flexibility index (Phi) is 3.54. The lowest BCUT2D eigenvalue weighted by Crippen LogP contribution is -2.25. The molecule has 4 nitrogen and oxygen atoms in total. The van der Waals surface area contributed by atoms with Crippen LogP contribution in [0.3, 0.4) is 0 Å². The van der Waals surface area contributed by atoms with Gasteiger partial charge in [-0.15, -0.1) is 11.3 Å². The molecule has 0 bridgehead atoms. The van der Waals surface area contributed by atoms with Crippen LogP contribution in [0, 0.1) is 12.7 Å². The van der Waals surface area contributed by atoms with Crippen LogP contribution in [0.15, 0.2) is 41.8 Å². The van der Waals surface area contributed by atoms with Crippen molar-refractivity contribution in [3.05, 3.63) is 53.2 Å². The number of carbonyl (C=O) groups excluding carboxylic acids is 1. The van der Waals surface area contributed by atoms with Gasteiger partial charge in [0, 0.05) is 16.5 Å². The number of fused-ring (bicyclic) bond motifs is 1. The summed E-state index contributed by atoms with van der Waals surface area (Å²) in [5.41, 5.74) is 4.20. The third kappa shape index (κ3) is 2.65. The summed E-state index contributed by atoms with van der Waals surface area (Å²) >= 11 is 1.49. The second-order valence-corrected chi connectivity index (χ2v) is 6.41. The molecule has 1 aromatic heterocycles. The molecule has 120 valence electrons. The number of ether oxygens (including phenoxy) is 1. The highest BCUT2D eigenvalue weighted by atomic mass is 32.1. The van der Waals surface area contributed by atoms with Crippen LogP contribution >= 0.6 is 11.3 Å². The molecule has 0 radical (unpaired) electrons. The lowest BCUT2D eigenvalue weighted by Gasteiger charge is -2.20. The van der Waals surface area contributed by atoms with E-state index in [4.69, 9.17) is 4.74 Å². The summed E-state index contributed by atoms with van der Waals surface area (Å²) in [7, 11) is 0. The normalized spacial score (nSPS) is 13.2. The molecule has 6 heteroatoms. The number of nitrogens with zero attached hydrogens (tertiary/aromatic N) is 1. The topological polar surface area (TPSA) is 51.2 Å². The van der Waals surface area contributed by atoms with Crippen LogP contribution in [0.2, 0.25) is 0 Å². The van der Waals surface area contributed by atoms with Crippen molar-refractivity contribution in [3.8, 4) is 27.6 Å². The number of thiazole rings is 1. The Morgan fingerprint density at radius 2 is 2.00 bits per heavy atom. The fourth-order valence-electron chi connectivity index (χ4n) is 2.66. The number of hydrogen-bond donors (Lipinski definition) is 1. The molecule has 0 spiro atoms. The van der Waals surface area contributed by atoms with E-state index < -0.39 is 0 Å². The van der Waals surface area contributed by atoms with Crippen LogP contribution in [0.25, 0.3) is 21.8 Å². The highest BCUT2D eigenvalue weighted by Gasteiger charge is 2.19. The average Bonchev–Trinajstić information content (AvgIpc) is 3.05. The Balaban J connectivity index is 1.72. The van der Waals surface area contributed by atoms with Crippen molar-refractivity contribution in [1.29, 1.82) is 0 Å². The first-order chi connectivity index (χ1) is 11.6. The Hall–Kier alpha value is -2.73. The summed E-state index contributed by atoms with van der Waals surface area (Å²) in [4.78, 5) is 16.2. The number of amides is 1. The molecule has 0 aliphatic carbocycles. The summed E-state index contributed by atoms with van der Waals surface area (Å²) < 4.78 is 18.5. The van der Waals surface area contributed by atoms with Crippen molar-refractivity contribution in [1.82, 2.24) is 4.98 Å². The van der Waals surface area contributed by atoms with Gasteiger partial charge >= 0.3 is 0 Å². The lowest BCUT2D eigenvalue weighted by atomic mass is 10.1. The number of aromatic nitrogens is 1. The Bertz CT molecular complexity index is 935. The first kappa shape index (κ1) is 14.8. The van der Waals surface area contributed by atoms with Crippen LogP contribution < -0.4 is 10.1 Å². The van der Waals surface area contributed by atoms with Gasteiger partial charge in [-0.05, 0) is 48.9 Å². The summed E-state index contributed by atoms with van der Waals surface area (Å²) in [6.45, 7) is 1.98. The molecule has 0 unspecified atom stereocenters. The van der Waals surface area contributed by atoms with Crippen molar-refractivity contribution in [2.24, 2.45) is 0 Å². The molecule has 4 rings (SSSR count). The van der Waals surface area contributed by atoms with E-state index in [0.29, 0.717) is 11.4 Å². The SMILES string of the molecule is Cc1cc(-c2csc(-c3ccc(F)cc3)n2)cc2c1OCC(=O)N2. The third-order valence-corrected chi connectivity index (χ3v) is 4.68. The molecule has 0 fully saturated rings. The smallest absolute Gasteiger partial charge is 0.262 e. The molecule has 0 atom stereocenters. The minimum atomic E-state index is -0.267. The highest BCUT2D eigenvalue weighted by Crippen LogP contribution is 2.37. The van der Waals surface area contributed by atoms with Crippen LogP contribution in [0.5, 0.6) is 5.75 Å². The number of carbonyl (C=O) groups is 1. The molecule has 1 amide bonds. The molecule has 2 aromatic carbocycles. The van der Waals surface area contributed by atoms with Crippen LogP contribution in [0.1, 0.15) is 5.56 Å². The zero-order valence-electron chi connectivity index (χ0n) is 12.8. The van der Waals surface area contributed by atoms with Crippen molar-refractivity contribution in [2.75, 3.05) is 11.9 Å². The molecule has 0 saturated heterocycles. The summed E-state index contributed by atoms with van der Waals surface area (Å²) in [6, 6.07) is 10.1. The second-order valence-electron chi connectivity index (χ2n) is 5.55. The Labute approximate surface area is 141 Å². The van der Waals surface area contributed by atoms with Crippen LogP contribution in [0.4, 0.5) is 10.1 Å². The molecule has 0 saturated carbocycles. The largest absolute Gasteiger partial charge is 0.481 e. The first-order valence-electron chi connectivity index (χ1n) is 7.39. The molecule has 1 aliphatic rings. The van der Waals surface area contributed by atoms with E-state index in [1.165, 1.54) is 23.5 Å². The first-order valence-corrected chi connectivity index (χ1v) is 8.27. The van der Waals surface area contributed by atoms with Crippen molar-refractivity contribution < 1.29 is 13.9 Å². The third-order valence-electron chi connectivity index (χ3n) is 3.79. The number of halogens is 1. The van der Waals surface area contributed by atoms with Crippen molar-refractivity contribution >= 4 is 22.9 Å². The summed E-state index contributed by atoms with van der Waals surface area (Å²) in [6.07, 6.45) is 0. The summed E-state index contributed by atoms with van der Waals surface area (Å²) in [5.74, 6) is 0.272. The van der Waals surface area contributed by atoms with E-state index in [0.717, 1.165) is 27.4 Å². The standard InChI is InChI=1S/C18H13FN2O2S/c1-10-6-12(7-14-17(10)23-8-16(22)20-14)15-9-24-18(21-15)11-2-4-13(19)5-3-11/h2-7,9H,8H2,1H3,(H,20,22). The van der Waals surface area contributed by atoms with Gasteiger partial charge in [0.2, 0.25) is 0 Å². The Morgan fingerprint density at radius 1 is 1.21 bits per heavy atom. The van der Waals surface area contributed by atoms with Crippen LogP contribution in [-0.2, 0) is 4.79 Å². The number of nitrogens with one attached hydrogen (secondary N) is 1. The van der Waals surface area contributed by atoms with E-state index in [2.05, 4.69) is 10.3 Å². The zero-order valence-corrected chi connectivity index (χ0v) is 13.6. The quantitative estimate of drug-likeness (QED) is 0.758. The number of aryl methyl sites for hydroxylation is 1. The number of benzene rings is 2. The van der Waals surface area contributed by atoms with Crippen molar-refractivity contribution in [2.45, 2.75) is 6.92 Å². The van der Waals surface area contributed by atoms with Gasteiger partial charge in [-0.25, -0.2) is 9.37 Å². The zero-order chi connectivity index (χ0) is 16.7. The highest BCUT2D eigenvalue weighted by molar-refractivity contribution is 7.13. The van der Waals surface area contributed by atoms with Gasteiger partial charge in [-0.3, -0.25) is 4.79 Å².